The van der Waals surface area contributed by atoms with E-state index in [2.05, 4.69) is 30.4 Å². The maximum absolute atomic E-state index is 5.83. The van der Waals surface area contributed by atoms with E-state index in [4.69, 9.17) is 4.74 Å². The Morgan fingerprint density at radius 2 is 2.00 bits per heavy atom. The maximum atomic E-state index is 5.83. The summed E-state index contributed by atoms with van der Waals surface area (Å²) in [7, 11) is 4.03. The van der Waals surface area contributed by atoms with E-state index in [1.807, 2.05) is 21.0 Å². The van der Waals surface area contributed by atoms with Crippen LogP contribution in [0.4, 0.5) is 0 Å². The summed E-state index contributed by atoms with van der Waals surface area (Å²) in [4.78, 5) is 4.75. The lowest BCUT2D eigenvalue weighted by Gasteiger charge is -2.51. The fraction of sp³-hybridized carbons (Fsp3) is 0.857. The first-order valence-corrected chi connectivity index (χ1v) is 6.75. The summed E-state index contributed by atoms with van der Waals surface area (Å²) in [6.07, 6.45) is 2.39. The lowest BCUT2D eigenvalue weighted by atomic mass is 9.83. The molecule has 0 aromatic heterocycles. The molecule has 0 saturated carbocycles. The van der Waals surface area contributed by atoms with Crippen LogP contribution < -0.4 is 0 Å². The molecule has 0 radical (unpaired) electrons. The van der Waals surface area contributed by atoms with Crippen molar-refractivity contribution in [2.24, 2.45) is 0 Å². The Labute approximate surface area is 106 Å². The average Bonchev–Trinajstić information content (AvgIpc) is 2.62. The van der Waals surface area contributed by atoms with Crippen molar-refractivity contribution in [2.75, 3.05) is 33.8 Å². The molecule has 2 rings (SSSR count). The number of nitrogens with zero attached hydrogens (tertiary/aromatic N) is 2. The van der Waals surface area contributed by atoms with Crippen molar-refractivity contribution >= 4 is 0 Å². The Balaban J connectivity index is 0.000000686. The third-order valence-electron chi connectivity index (χ3n) is 3.98. The molecule has 0 bridgehead atoms. The summed E-state index contributed by atoms with van der Waals surface area (Å²) in [6.45, 7) is 13.5. The van der Waals surface area contributed by atoms with Gasteiger partial charge in [-0.15, -0.1) is 0 Å². The summed E-state index contributed by atoms with van der Waals surface area (Å²) in [5.74, 6) is 0. The first-order chi connectivity index (χ1) is 8.09. The number of hydrogen-bond donors (Lipinski definition) is 0. The normalized spacial score (nSPS) is 32.8. The van der Waals surface area contributed by atoms with Crippen LogP contribution in [-0.2, 0) is 4.74 Å². The van der Waals surface area contributed by atoms with Gasteiger partial charge in [-0.3, -0.25) is 0 Å². The van der Waals surface area contributed by atoms with Crippen LogP contribution in [0, 0.1) is 0 Å². The SMILES string of the molecule is C=C(C)N1CCC1C1(OC)CCN(C)C1.CC. The molecule has 2 aliphatic heterocycles. The minimum Gasteiger partial charge on any atom is -0.375 e. The number of allylic oxidation sites excluding steroid dienone is 1. The molecule has 0 aromatic carbocycles. The van der Waals surface area contributed by atoms with Crippen molar-refractivity contribution in [3.8, 4) is 0 Å². The highest BCUT2D eigenvalue weighted by Gasteiger charge is 2.49. The summed E-state index contributed by atoms with van der Waals surface area (Å²) < 4.78 is 5.83. The van der Waals surface area contributed by atoms with Crippen molar-refractivity contribution in [1.29, 1.82) is 0 Å². The molecule has 100 valence electrons. The quantitative estimate of drug-likeness (QED) is 0.753. The highest BCUT2D eigenvalue weighted by atomic mass is 16.5. The second kappa shape index (κ2) is 5.87. The van der Waals surface area contributed by atoms with E-state index in [0.29, 0.717) is 6.04 Å². The molecule has 0 aliphatic carbocycles. The minimum absolute atomic E-state index is 0.0476. The molecule has 2 heterocycles. The van der Waals surface area contributed by atoms with Crippen LogP contribution in [0.2, 0.25) is 0 Å². The molecular formula is C14H28N2O. The first kappa shape index (κ1) is 14.5. The van der Waals surface area contributed by atoms with E-state index in [0.717, 1.165) is 26.1 Å². The van der Waals surface area contributed by atoms with Crippen LogP contribution in [0.25, 0.3) is 0 Å². The zero-order chi connectivity index (χ0) is 13.1. The van der Waals surface area contributed by atoms with Crippen LogP contribution in [0.3, 0.4) is 0 Å². The number of methoxy groups -OCH3 is 1. The van der Waals surface area contributed by atoms with E-state index < -0.39 is 0 Å². The molecule has 0 amide bonds. The van der Waals surface area contributed by atoms with Gasteiger partial charge in [-0.05, 0) is 26.8 Å². The molecule has 0 spiro atoms. The van der Waals surface area contributed by atoms with Crippen LogP contribution in [0.1, 0.15) is 33.6 Å². The predicted molar refractivity (Wildman–Crippen MR) is 73.1 cm³/mol. The second-order valence-electron chi connectivity index (χ2n) is 4.99. The van der Waals surface area contributed by atoms with Gasteiger partial charge >= 0.3 is 0 Å². The number of likely N-dealkylation sites (tertiary alicyclic amines) is 2. The topological polar surface area (TPSA) is 15.7 Å². The number of hydrogen-bond acceptors (Lipinski definition) is 3. The highest BCUT2D eigenvalue weighted by Crippen LogP contribution is 2.38. The Hall–Kier alpha value is -0.540. The lowest BCUT2D eigenvalue weighted by Crippen LogP contribution is -2.61. The van der Waals surface area contributed by atoms with Crippen LogP contribution in [0.5, 0.6) is 0 Å². The number of likely N-dealkylation sites (N-methyl/N-ethyl adjacent to an activating group) is 1. The molecule has 2 saturated heterocycles. The van der Waals surface area contributed by atoms with E-state index in [1.54, 1.807) is 0 Å². The third kappa shape index (κ3) is 2.66. The van der Waals surface area contributed by atoms with Gasteiger partial charge in [-0.2, -0.15) is 0 Å². The van der Waals surface area contributed by atoms with E-state index in [-0.39, 0.29) is 5.60 Å². The zero-order valence-electron chi connectivity index (χ0n) is 12.1. The smallest absolute Gasteiger partial charge is 0.102 e. The Bertz CT molecular complexity index is 267. The molecule has 2 unspecified atom stereocenters. The van der Waals surface area contributed by atoms with Crippen molar-refractivity contribution in [1.82, 2.24) is 9.80 Å². The molecule has 3 heteroatoms. The van der Waals surface area contributed by atoms with Crippen LogP contribution >= 0.6 is 0 Å². The average molecular weight is 240 g/mol. The van der Waals surface area contributed by atoms with E-state index in [9.17, 15) is 0 Å². The molecule has 2 atom stereocenters. The summed E-state index contributed by atoms with van der Waals surface area (Å²) in [6, 6.07) is 0.546. The molecule has 0 N–H and O–H groups in total. The van der Waals surface area contributed by atoms with Crippen LogP contribution in [-0.4, -0.2) is 55.2 Å². The van der Waals surface area contributed by atoms with Gasteiger partial charge in [0, 0.05) is 32.4 Å². The summed E-state index contributed by atoms with van der Waals surface area (Å²) in [5, 5.41) is 0. The van der Waals surface area contributed by atoms with Gasteiger partial charge in [-0.1, -0.05) is 20.4 Å². The van der Waals surface area contributed by atoms with Gasteiger partial charge in [0.1, 0.15) is 5.60 Å². The van der Waals surface area contributed by atoms with Gasteiger partial charge in [0.2, 0.25) is 0 Å². The molecule has 0 aromatic rings. The fourth-order valence-electron chi connectivity index (χ4n) is 2.96. The predicted octanol–water partition coefficient (Wildman–Crippen LogP) is 2.34. The minimum atomic E-state index is 0.0476. The Morgan fingerprint density at radius 3 is 2.29 bits per heavy atom. The number of ether oxygens (including phenoxy) is 1. The van der Waals surface area contributed by atoms with E-state index >= 15 is 0 Å². The van der Waals surface area contributed by atoms with Crippen LogP contribution in [0.15, 0.2) is 12.3 Å². The lowest BCUT2D eigenvalue weighted by molar-refractivity contribution is -0.0958. The highest BCUT2D eigenvalue weighted by molar-refractivity contribution is 5.10. The monoisotopic (exact) mass is 240 g/mol. The van der Waals surface area contributed by atoms with Crippen molar-refractivity contribution in [2.45, 2.75) is 45.3 Å². The Kier molecular flexibility index (Phi) is 5.02. The zero-order valence-corrected chi connectivity index (χ0v) is 12.1. The van der Waals surface area contributed by atoms with Crippen molar-refractivity contribution in [3.05, 3.63) is 12.3 Å². The summed E-state index contributed by atoms with van der Waals surface area (Å²) >= 11 is 0. The molecule has 2 fully saturated rings. The Morgan fingerprint density at radius 1 is 1.35 bits per heavy atom. The fourth-order valence-corrected chi connectivity index (χ4v) is 2.96. The second-order valence-corrected chi connectivity index (χ2v) is 4.99. The van der Waals surface area contributed by atoms with Crippen molar-refractivity contribution < 1.29 is 4.74 Å². The molecule has 2 aliphatic rings. The molecule has 3 nitrogen and oxygen atoms in total. The third-order valence-corrected chi connectivity index (χ3v) is 3.98. The molecular weight excluding hydrogens is 212 g/mol. The largest absolute Gasteiger partial charge is 0.375 e. The van der Waals surface area contributed by atoms with Gasteiger partial charge in [0.15, 0.2) is 0 Å². The van der Waals surface area contributed by atoms with Gasteiger partial charge in [-0.25, -0.2) is 0 Å². The molecule has 17 heavy (non-hydrogen) atoms. The van der Waals surface area contributed by atoms with Crippen molar-refractivity contribution in [3.63, 3.8) is 0 Å². The summed E-state index contributed by atoms with van der Waals surface area (Å²) in [5.41, 5.74) is 1.23. The van der Waals surface area contributed by atoms with Gasteiger partial charge in [0.25, 0.3) is 0 Å². The first-order valence-electron chi connectivity index (χ1n) is 6.75. The maximum Gasteiger partial charge on any atom is 0.102 e. The standard InChI is InChI=1S/C12H22N2O.C2H6/c1-10(2)14-7-5-11(14)12(15-4)6-8-13(3)9-12;1-2/h11H,1,5-9H2,2-4H3;1-2H3. The van der Waals surface area contributed by atoms with E-state index in [1.165, 1.54) is 12.1 Å². The van der Waals surface area contributed by atoms with Gasteiger partial charge < -0.3 is 14.5 Å². The van der Waals surface area contributed by atoms with Gasteiger partial charge in [0.05, 0.1) is 6.04 Å². The number of rotatable bonds is 3.